The Morgan fingerprint density at radius 2 is 2.40 bits per heavy atom. The van der Waals surface area contributed by atoms with Crippen LogP contribution in [0.1, 0.15) is 0 Å². The fourth-order valence-corrected chi connectivity index (χ4v) is 1.35. The smallest absolute Gasteiger partial charge is 0.239 e. The second kappa shape index (κ2) is 4.00. The van der Waals surface area contributed by atoms with Crippen LogP contribution in [0, 0.1) is 0 Å². The average molecular weight is 204 g/mol. The fourth-order valence-electron chi connectivity index (χ4n) is 1.35. The van der Waals surface area contributed by atoms with E-state index in [4.69, 9.17) is 0 Å². The summed E-state index contributed by atoms with van der Waals surface area (Å²) in [6, 6.07) is 5.71. The van der Waals surface area contributed by atoms with Crippen LogP contribution in [-0.4, -0.2) is 28.9 Å². The largest absolute Gasteiger partial charge is 0.362 e. The molecule has 2 N–H and O–H groups in total. The van der Waals surface area contributed by atoms with E-state index in [0.29, 0.717) is 0 Å². The van der Waals surface area contributed by atoms with Gasteiger partial charge in [-0.2, -0.15) is 0 Å². The normalized spacial score (nSPS) is 10.2. The van der Waals surface area contributed by atoms with Gasteiger partial charge in [-0.05, 0) is 12.1 Å². The summed E-state index contributed by atoms with van der Waals surface area (Å²) in [7, 11) is 1.61. The third-order valence-electron chi connectivity index (χ3n) is 2.14. The third kappa shape index (κ3) is 1.90. The first kappa shape index (κ1) is 9.51. The number of anilines is 1. The van der Waals surface area contributed by atoms with Crippen LogP contribution in [0.2, 0.25) is 0 Å². The Morgan fingerprint density at radius 3 is 3.20 bits per heavy atom. The molecule has 0 saturated carbocycles. The summed E-state index contributed by atoms with van der Waals surface area (Å²) in [4.78, 5) is 15.2. The molecule has 2 heterocycles. The summed E-state index contributed by atoms with van der Waals surface area (Å²) in [5.74, 6) is 0.806. The van der Waals surface area contributed by atoms with E-state index in [1.165, 1.54) is 0 Å². The second-order valence-corrected chi connectivity index (χ2v) is 3.09. The van der Waals surface area contributed by atoms with Crippen molar-refractivity contribution in [3.63, 3.8) is 0 Å². The number of rotatable bonds is 3. The number of fused-ring (bicyclic) bond motifs is 1. The topological polar surface area (TPSA) is 58.4 Å². The summed E-state index contributed by atoms with van der Waals surface area (Å²) in [6.45, 7) is 0.258. The lowest BCUT2D eigenvalue weighted by Crippen LogP contribution is -2.26. The molecule has 5 nitrogen and oxygen atoms in total. The minimum absolute atomic E-state index is 0.0490. The SMILES string of the molecule is CNC(=O)CNc1cccc2nccn12. The molecular formula is C10H12N4O. The van der Waals surface area contributed by atoms with Crippen LogP contribution < -0.4 is 10.6 Å². The van der Waals surface area contributed by atoms with Crippen LogP contribution in [0.5, 0.6) is 0 Å². The Hall–Kier alpha value is -2.04. The quantitative estimate of drug-likeness (QED) is 0.765. The summed E-state index contributed by atoms with van der Waals surface area (Å²) < 4.78 is 1.89. The van der Waals surface area contributed by atoms with E-state index >= 15 is 0 Å². The molecule has 2 rings (SSSR count). The van der Waals surface area contributed by atoms with E-state index in [1.54, 1.807) is 13.2 Å². The van der Waals surface area contributed by atoms with E-state index in [0.717, 1.165) is 11.5 Å². The van der Waals surface area contributed by atoms with Crippen molar-refractivity contribution in [3.8, 4) is 0 Å². The van der Waals surface area contributed by atoms with Gasteiger partial charge in [-0.25, -0.2) is 4.98 Å². The Balaban J connectivity index is 2.20. The molecule has 1 amide bonds. The Bertz CT molecular complexity index is 477. The molecule has 0 radical (unpaired) electrons. The van der Waals surface area contributed by atoms with Crippen LogP contribution >= 0.6 is 0 Å². The first-order valence-electron chi connectivity index (χ1n) is 4.68. The predicted octanol–water partition coefficient (Wildman–Crippen LogP) is 0.492. The number of nitrogens with one attached hydrogen (secondary N) is 2. The molecule has 15 heavy (non-hydrogen) atoms. The van der Waals surface area contributed by atoms with Gasteiger partial charge in [-0.15, -0.1) is 0 Å². The summed E-state index contributed by atoms with van der Waals surface area (Å²) in [6.07, 6.45) is 3.57. The number of carbonyl (C=O) groups is 1. The Labute approximate surface area is 87.1 Å². The maximum atomic E-state index is 11.1. The highest BCUT2D eigenvalue weighted by Crippen LogP contribution is 2.09. The van der Waals surface area contributed by atoms with Gasteiger partial charge >= 0.3 is 0 Å². The first-order chi connectivity index (χ1) is 7.31. The molecule has 0 bridgehead atoms. The molecule has 2 aromatic rings. The number of pyridine rings is 1. The standard InChI is InChI=1S/C10H12N4O/c1-11-10(15)7-13-9-4-2-3-8-12-5-6-14(8)9/h2-6,13H,7H2,1H3,(H,11,15). The van der Waals surface area contributed by atoms with Gasteiger partial charge in [0.15, 0.2) is 0 Å². The molecule has 0 saturated heterocycles. The number of imidazole rings is 1. The summed E-state index contributed by atoms with van der Waals surface area (Å²) >= 11 is 0. The maximum absolute atomic E-state index is 11.1. The Morgan fingerprint density at radius 1 is 1.53 bits per heavy atom. The monoisotopic (exact) mass is 204 g/mol. The highest BCUT2D eigenvalue weighted by atomic mass is 16.1. The van der Waals surface area contributed by atoms with Gasteiger partial charge in [0, 0.05) is 19.4 Å². The van der Waals surface area contributed by atoms with Crippen molar-refractivity contribution >= 4 is 17.4 Å². The maximum Gasteiger partial charge on any atom is 0.239 e. The summed E-state index contributed by atoms with van der Waals surface area (Å²) in [5, 5.41) is 5.59. The number of carbonyl (C=O) groups excluding carboxylic acids is 1. The van der Waals surface area contributed by atoms with Gasteiger partial charge in [0.1, 0.15) is 11.5 Å². The minimum atomic E-state index is -0.0490. The highest BCUT2D eigenvalue weighted by Gasteiger charge is 2.01. The number of likely N-dealkylation sites (N-methyl/N-ethyl adjacent to an activating group) is 1. The van der Waals surface area contributed by atoms with Crippen molar-refractivity contribution in [2.45, 2.75) is 0 Å². The van der Waals surface area contributed by atoms with Crippen molar-refractivity contribution in [2.24, 2.45) is 0 Å². The second-order valence-electron chi connectivity index (χ2n) is 3.09. The van der Waals surface area contributed by atoms with Crippen LogP contribution in [0.4, 0.5) is 5.82 Å². The van der Waals surface area contributed by atoms with Crippen molar-refractivity contribution in [3.05, 3.63) is 30.6 Å². The van der Waals surface area contributed by atoms with E-state index in [-0.39, 0.29) is 12.5 Å². The molecule has 0 unspecified atom stereocenters. The molecule has 0 spiro atoms. The van der Waals surface area contributed by atoms with Gasteiger partial charge in [0.05, 0.1) is 6.54 Å². The zero-order valence-electron chi connectivity index (χ0n) is 8.40. The lowest BCUT2D eigenvalue weighted by Gasteiger charge is -2.07. The van der Waals surface area contributed by atoms with Crippen LogP contribution in [-0.2, 0) is 4.79 Å². The van der Waals surface area contributed by atoms with Gasteiger partial charge in [0.25, 0.3) is 0 Å². The number of hydrogen-bond acceptors (Lipinski definition) is 3. The zero-order valence-corrected chi connectivity index (χ0v) is 8.40. The Kier molecular flexibility index (Phi) is 2.53. The van der Waals surface area contributed by atoms with E-state index in [2.05, 4.69) is 15.6 Å². The van der Waals surface area contributed by atoms with Gasteiger partial charge in [-0.1, -0.05) is 6.07 Å². The molecule has 0 aliphatic carbocycles. The number of nitrogens with zero attached hydrogens (tertiary/aromatic N) is 2. The molecule has 78 valence electrons. The average Bonchev–Trinajstić information content (AvgIpc) is 2.74. The van der Waals surface area contributed by atoms with E-state index in [9.17, 15) is 4.79 Å². The summed E-state index contributed by atoms with van der Waals surface area (Å²) in [5.41, 5.74) is 0.858. The molecule has 0 aliphatic rings. The number of amides is 1. The molecule has 0 aliphatic heterocycles. The minimum Gasteiger partial charge on any atom is -0.362 e. The molecular weight excluding hydrogens is 192 g/mol. The number of aromatic nitrogens is 2. The molecule has 5 heteroatoms. The first-order valence-corrected chi connectivity index (χ1v) is 4.68. The number of hydrogen-bond donors (Lipinski definition) is 2. The van der Waals surface area contributed by atoms with Crippen LogP contribution in [0.3, 0.4) is 0 Å². The van der Waals surface area contributed by atoms with Crippen molar-refractivity contribution in [1.82, 2.24) is 14.7 Å². The van der Waals surface area contributed by atoms with Gasteiger partial charge < -0.3 is 10.6 Å². The van der Waals surface area contributed by atoms with Crippen molar-refractivity contribution in [1.29, 1.82) is 0 Å². The highest BCUT2D eigenvalue weighted by molar-refractivity contribution is 5.80. The third-order valence-corrected chi connectivity index (χ3v) is 2.14. The van der Waals surface area contributed by atoms with Crippen molar-refractivity contribution in [2.75, 3.05) is 18.9 Å². The van der Waals surface area contributed by atoms with E-state index < -0.39 is 0 Å². The lowest BCUT2D eigenvalue weighted by atomic mass is 10.4. The molecule has 2 aromatic heterocycles. The van der Waals surface area contributed by atoms with Crippen LogP contribution in [0.15, 0.2) is 30.6 Å². The predicted molar refractivity (Wildman–Crippen MR) is 57.7 cm³/mol. The molecule has 0 aromatic carbocycles. The van der Waals surface area contributed by atoms with Crippen molar-refractivity contribution < 1.29 is 4.79 Å². The van der Waals surface area contributed by atoms with Gasteiger partial charge in [0.2, 0.25) is 5.91 Å². The van der Waals surface area contributed by atoms with Crippen LogP contribution in [0.25, 0.3) is 5.65 Å². The zero-order chi connectivity index (χ0) is 10.7. The molecule has 0 atom stereocenters. The molecule has 0 fully saturated rings. The van der Waals surface area contributed by atoms with Gasteiger partial charge in [-0.3, -0.25) is 9.20 Å². The lowest BCUT2D eigenvalue weighted by molar-refractivity contribution is -0.118. The fraction of sp³-hybridized carbons (Fsp3) is 0.200. The van der Waals surface area contributed by atoms with E-state index in [1.807, 2.05) is 28.8 Å².